The highest BCUT2D eigenvalue weighted by Crippen LogP contribution is 2.35. The summed E-state index contributed by atoms with van der Waals surface area (Å²) in [5, 5.41) is 2.97. The molecule has 1 aromatic carbocycles. The Hall–Kier alpha value is -1.23. The molecule has 2 saturated heterocycles. The molecule has 5 heteroatoms. The fraction of sp³-hybridized carbons (Fsp3) is 0.571. The topological polar surface area (TPSA) is 15.3 Å². The van der Waals surface area contributed by atoms with Crippen LogP contribution in [0.15, 0.2) is 12.1 Å². The van der Waals surface area contributed by atoms with E-state index in [9.17, 15) is 13.2 Å². The fourth-order valence-corrected chi connectivity index (χ4v) is 3.41. The minimum atomic E-state index is -1.14. The first-order chi connectivity index (χ1) is 9.04. The number of halogens is 3. The van der Waals surface area contributed by atoms with E-state index < -0.39 is 17.5 Å². The lowest BCUT2D eigenvalue weighted by Gasteiger charge is -2.37. The lowest BCUT2D eigenvalue weighted by molar-refractivity contribution is 0.168. The molecule has 2 bridgehead atoms. The number of rotatable bonds is 2. The average Bonchev–Trinajstić information content (AvgIpc) is 2.60. The number of anilines is 1. The van der Waals surface area contributed by atoms with Gasteiger partial charge in [-0.3, -0.25) is 0 Å². The van der Waals surface area contributed by atoms with E-state index in [2.05, 4.69) is 17.3 Å². The molecule has 2 atom stereocenters. The molecule has 1 N–H and O–H groups in total. The first kappa shape index (κ1) is 12.8. The summed E-state index contributed by atoms with van der Waals surface area (Å²) >= 11 is 0. The van der Waals surface area contributed by atoms with E-state index >= 15 is 0 Å². The number of nitrogens with one attached hydrogen (secondary N) is 1. The second-order valence-corrected chi connectivity index (χ2v) is 5.61. The summed E-state index contributed by atoms with van der Waals surface area (Å²) in [5.74, 6) is -2.89. The predicted molar refractivity (Wildman–Crippen MR) is 67.5 cm³/mol. The summed E-state index contributed by atoms with van der Waals surface area (Å²) in [6.07, 6.45) is 4.09. The van der Waals surface area contributed by atoms with Crippen molar-refractivity contribution in [1.82, 2.24) is 4.90 Å². The van der Waals surface area contributed by atoms with E-state index in [0.29, 0.717) is 18.2 Å². The van der Waals surface area contributed by atoms with Crippen molar-refractivity contribution in [2.24, 2.45) is 0 Å². The van der Waals surface area contributed by atoms with Crippen molar-refractivity contribution in [2.75, 3.05) is 12.4 Å². The molecule has 0 aromatic heterocycles. The Balaban J connectivity index is 1.76. The van der Waals surface area contributed by atoms with Crippen LogP contribution in [-0.4, -0.2) is 30.1 Å². The fourth-order valence-electron chi connectivity index (χ4n) is 3.41. The van der Waals surface area contributed by atoms with E-state index in [1.54, 1.807) is 0 Å². The van der Waals surface area contributed by atoms with Crippen molar-refractivity contribution in [3.8, 4) is 0 Å². The van der Waals surface area contributed by atoms with Gasteiger partial charge in [0.2, 0.25) is 0 Å². The van der Waals surface area contributed by atoms with Crippen LogP contribution in [0.3, 0.4) is 0 Å². The van der Waals surface area contributed by atoms with Crippen molar-refractivity contribution >= 4 is 5.69 Å². The largest absolute Gasteiger partial charge is 0.380 e. The van der Waals surface area contributed by atoms with Crippen molar-refractivity contribution < 1.29 is 13.2 Å². The molecule has 2 fully saturated rings. The third-order valence-electron chi connectivity index (χ3n) is 4.45. The van der Waals surface area contributed by atoms with Crippen LogP contribution in [0.5, 0.6) is 0 Å². The highest BCUT2D eigenvalue weighted by molar-refractivity contribution is 5.46. The highest BCUT2D eigenvalue weighted by Gasteiger charge is 2.38. The van der Waals surface area contributed by atoms with Gasteiger partial charge < -0.3 is 10.2 Å². The minimum absolute atomic E-state index is 0.0635. The zero-order chi connectivity index (χ0) is 13.6. The van der Waals surface area contributed by atoms with Crippen molar-refractivity contribution in [2.45, 2.75) is 43.8 Å². The first-order valence-electron chi connectivity index (χ1n) is 6.67. The molecular formula is C14H17F3N2. The van der Waals surface area contributed by atoms with Crippen LogP contribution in [0.1, 0.15) is 25.7 Å². The predicted octanol–water partition coefficient (Wildman–Crippen LogP) is 3.14. The highest BCUT2D eigenvalue weighted by atomic mass is 19.2. The van der Waals surface area contributed by atoms with Gasteiger partial charge in [0.1, 0.15) is 5.82 Å². The third-order valence-corrected chi connectivity index (χ3v) is 4.45. The summed E-state index contributed by atoms with van der Waals surface area (Å²) in [4.78, 5) is 2.36. The SMILES string of the molecule is CN1C2CCC1CC(Nc1cc(F)cc(F)c1F)C2. The van der Waals surface area contributed by atoms with Gasteiger partial charge in [0.25, 0.3) is 0 Å². The Labute approximate surface area is 110 Å². The molecule has 19 heavy (non-hydrogen) atoms. The summed E-state index contributed by atoms with van der Waals surface area (Å²) < 4.78 is 39.9. The second kappa shape index (κ2) is 4.71. The zero-order valence-corrected chi connectivity index (χ0v) is 10.8. The Morgan fingerprint density at radius 1 is 1.11 bits per heavy atom. The van der Waals surface area contributed by atoms with Crippen LogP contribution in [0.25, 0.3) is 0 Å². The third kappa shape index (κ3) is 2.31. The van der Waals surface area contributed by atoms with Gasteiger partial charge in [0, 0.05) is 30.3 Å². The molecule has 2 heterocycles. The maximum absolute atomic E-state index is 13.6. The van der Waals surface area contributed by atoms with Gasteiger partial charge in [-0.05, 0) is 32.7 Å². The zero-order valence-electron chi connectivity index (χ0n) is 10.8. The number of hydrogen-bond acceptors (Lipinski definition) is 2. The van der Waals surface area contributed by atoms with E-state index in [-0.39, 0.29) is 11.7 Å². The van der Waals surface area contributed by atoms with Gasteiger partial charge in [-0.2, -0.15) is 0 Å². The molecule has 2 aliphatic rings. The lowest BCUT2D eigenvalue weighted by Crippen LogP contribution is -2.44. The van der Waals surface area contributed by atoms with Gasteiger partial charge >= 0.3 is 0 Å². The van der Waals surface area contributed by atoms with Crippen LogP contribution in [0, 0.1) is 17.5 Å². The van der Waals surface area contributed by atoms with Gasteiger partial charge in [0.05, 0.1) is 5.69 Å². The van der Waals surface area contributed by atoms with Gasteiger partial charge in [-0.15, -0.1) is 0 Å². The number of piperidine rings is 1. The number of fused-ring (bicyclic) bond motifs is 2. The first-order valence-corrected chi connectivity index (χ1v) is 6.67. The van der Waals surface area contributed by atoms with Crippen LogP contribution < -0.4 is 5.32 Å². The minimum Gasteiger partial charge on any atom is -0.380 e. The smallest absolute Gasteiger partial charge is 0.182 e. The summed E-state index contributed by atoms with van der Waals surface area (Å²) in [6, 6.07) is 2.68. The average molecular weight is 270 g/mol. The Morgan fingerprint density at radius 2 is 1.74 bits per heavy atom. The molecular weight excluding hydrogens is 253 g/mol. The molecule has 2 nitrogen and oxygen atoms in total. The molecule has 3 rings (SSSR count). The molecule has 0 radical (unpaired) electrons. The molecule has 0 aliphatic carbocycles. The van der Waals surface area contributed by atoms with E-state index in [4.69, 9.17) is 0 Å². The lowest BCUT2D eigenvalue weighted by atomic mass is 9.97. The molecule has 1 aromatic rings. The van der Waals surface area contributed by atoms with Gasteiger partial charge in [-0.25, -0.2) is 13.2 Å². The summed E-state index contributed by atoms with van der Waals surface area (Å²) in [7, 11) is 2.11. The number of benzene rings is 1. The van der Waals surface area contributed by atoms with Crippen molar-refractivity contribution in [1.29, 1.82) is 0 Å². The summed E-state index contributed by atoms with van der Waals surface area (Å²) in [5.41, 5.74) is -0.0635. The van der Waals surface area contributed by atoms with E-state index in [1.807, 2.05) is 0 Å². The van der Waals surface area contributed by atoms with Gasteiger partial charge in [-0.1, -0.05) is 0 Å². The van der Waals surface area contributed by atoms with Crippen LogP contribution in [0.4, 0.5) is 18.9 Å². The molecule has 0 saturated carbocycles. The van der Waals surface area contributed by atoms with E-state index in [1.165, 1.54) is 0 Å². The molecule has 104 valence electrons. The molecule has 0 spiro atoms. The number of nitrogens with zero attached hydrogens (tertiary/aromatic N) is 1. The van der Waals surface area contributed by atoms with E-state index in [0.717, 1.165) is 31.7 Å². The summed E-state index contributed by atoms with van der Waals surface area (Å²) in [6.45, 7) is 0. The molecule has 0 amide bonds. The number of hydrogen-bond donors (Lipinski definition) is 1. The van der Waals surface area contributed by atoms with Crippen LogP contribution >= 0.6 is 0 Å². The van der Waals surface area contributed by atoms with Crippen molar-refractivity contribution in [3.63, 3.8) is 0 Å². The monoisotopic (exact) mass is 270 g/mol. The Bertz CT molecular complexity index is 478. The van der Waals surface area contributed by atoms with Crippen LogP contribution in [-0.2, 0) is 0 Å². The van der Waals surface area contributed by atoms with Crippen molar-refractivity contribution in [3.05, 3.63) is 29.6 Å². The normalized spacial score (nSPS) is 30.6. The second-order valence-electron chi connectivity index (χ2n) is 5.61. The Kier molecular flexibility index (Phi) is 3.17. The van der Waals surface area contributed by atoms with Gasteiger partial charge in [0.15, 0.2) is 11.6 Å². The Morgan fingerprint density at radius 3 is 2.37 bits per heavy atom. The standard InChI is InChI=1S/C14H17F3N2/c1-19-10-2-3-11(19)7-9(6-10)18-13-5-8(15)4-12(16)14(13)17/h4-5,9-11,18H,2-3,6-7H2,1H3. The van der Waals surface area contributed by atoms with Crippen LogP contribution in [0.2, 0.25) is 0 Å². The molecule has 2 aliphatic heterocycles. The quantitative estimate of drug-likeness (QED) is 0.831. The maximum Gasteiger partial charge on any atom is 0.182 e. The molecule has 2 unspecified atom stereocenters. The maximum atomic E-state index is 13.6.